The first-order chi connectivity index (χ1) is 14.4. The van der Waals surface area contributed by atoms with Gasteiger partial charge >= 0.3 is 0 Å². The third kappa shape index (κ3) is 4.18. The van der Waals surface area contributed by atoms with E-state index >= 15 is 0 Å². The van der Waals surface area contributed by atoms with Gasteiger partial charge in [-0.05, 0) is 51.0 Å². The van der Waals surface area contributed by atoms with Gasteiger partial charge in [0.2, 0.25) is 5.88 Å². The molecule has 1 unspecified atom stereocenters. The number of pyridine rings is 1. The summed E-state index contributed by atoms with van der Waals surface area (Å²) in [4.78, 5) is 20.8. The summed E-state index contributed by atoms with van der Waals surface area (Å²) in [6, 6.07) is 10.9. The van der Waals surface area contributed by atoms with Crippen molar-refractivity contribution in [1.82, 2.24) is 24.9 Å². The van der Waals surface area contributed by atoms with Gasteiger partial charge in [-0.1, -0.05) is 12.1 Å². The van der Waals surface area contributed by atoms with Crippen molar-refractivity contribution in [1.29, 1.82) is 0 Å². The second-order valence-electron chi connectivity index (χ2n) is 7.88. The van der Waals surface area contributed by atoms with Crippen LogP contribution in [-0.4, -0.2) is 55.1 Å². The van der Waals surface area contributed by atoms with Crippen LogP contribution in [0.4, 0.5) is 0 Å². The number of piperidine rings is 1. The van der Waals surface area contributed by atoms with Crippen LogP contribution in [0.3, 0.4) is 0 Å². The Morgan fingerprint density at radius 1 is 1.13 bits per heavy atom. The van der Waals surface area contributed by atoms with Crippen molar-refractivity contribution in [3.05, 3.63) is 66.1 Å². The van der Waals surface area contributed by atoms with Crippen molar-refractivity contribution in [2.45, 2.75) is 38.4 Å². The van der Waals surface area contributed by atoms with E-state index < -0.39 is 5.60 Å². The van der Waals surface area contributed by atoms with Gasteiger partial charge in [-0.3, -0.25) is 4.79 Å². The van der Waals surface area contributed by atoms with E-state index in [-0.39, 0.29) is 12.0 Å². The molecule has 156 valence electrons. The molecule has 1 aliphatic heterocycles. The van der Waals surface area contributed by atoms with Gasteiger partial charge in [0.25, 0.3) is 5.91 Å². The van der Waals surface area contributed by atoms with Crippen molar-refractivity contribution < 1.29 is 14.6 Å². The zero-order valence-corrected chi connectivity index (χ0v) is 17.1. The number of ether oxygens (including phenoxy) is 1. The van der Waals surface area contributed by atoms with Crippen LogP contribution in [0.1, 0.15) is 42.6 Å². The summed E-state index contributed by atoms with van der Waals surface area (Å²) in [6.07, 6.45) is 6.24. The van der Waals surface area contributed by atoms with Gasteiger partial charge in [-0.25, -0.2) is 4.98 Å². The van der Waals surface area contributed by atoms with Crippen LogP contribution in [0, 0.1) is 0 Å². The molecule has 3 heterocycles. The van der Waals surface area contributed by atoms with Gasteiger partial charge < -0.3 is 14.7 Å². The summed E-state index contributed by atoms with van der Waals surface area (Å²) in [5.41, 5.74) is 0.751. The van der Waals surface area contributed by atoms with E-state index in [1.165, 1.54) is 4.80 Å². The fraction of sp³-hybridized carbons (Fsp3) is 0.364. The highest BCUT2D eigenvalue weighted by Gasteiger charge is 2.29. The van der Waals surface area contributed by atoms with Crippen LogP contribution in [0.2, 0.25) is 0 Å². The number of benzene rings is 1. The minimum Gasteiger partial charge on any atom is -0.472 e. The Morgan fingerprint density at radius 2 is 1.90 bits per heavy atom. The number of hydrogen-bond donors (Lipinski definition) is 1. The average Bonchev–Trinajstić information content (AvgIpc) is 3.28. The number of carbonyl (C=O) groups excluding carboxylic acids is 1. The average molecular weight is 407 g/mol. The summed E-state index contributed by atoms with van der Waals surface area (Å²) in [5.74, 6) is 0.324. The first-order valence-corrected chi connectivity index (χ1v) is 10.0. The molecule has 3 aromatic rings. The van der Waals surface area contributed by atoms with Gasteiger partial charge in [0.15, 0.2) is 0 Å². The van der Waals surface area contributed by atoms with Gasteiger partial charge in [0.05, 0.1) is 35.8 Å². The largest absolute Gasteiger partial charge is 0.472 e. The Hall–Kier alpha value is -3.26. The van der Waals surface area contributed by atoms with Crippen LogP contribution in [0.15, 0.2) is 55.0 Å². The smallest absolute Gasteiger partial charge is 0.256 e. The topological polar surface area (TPSA) is 93.4 Å². The Bertz CT molecular complexity index is 1010. The standard InChI is InChI=1S/C22H25N5O3/c1-22(2,29)18-9-5-11-23-20(18)30-16-7-6-14-26(15-16)21(28)17-8-3-4-10-19(17)27-24-12-13-25-27/h3-5,8-13,16,29H,6-7,14-15H2,1-2H3. The Morgan fingerprint density at radius 3 is 2.67 bits per heavy atom. The second kappa shape index (κ2) is 8.23. The van der Waals surface area contributed by atoms with Crippen LogP contribution in [-0.2, 0) is 5.60 Å². The van der Waals surface area contributed by atoms with Crippen molar-refractivity contribution in [2.75, 3.05) is 13.1 Å². The summed E-state index contributed by atoms with van der Waals surface area (Å²) in [6.45, 7) is 4.50. The van der Waals surface area contributed by atoms with Gasteiger partial charge in [-0.2, -0.15) is 15.0 Å². The van der Waals surface area contributed by atoms with Crippen LogP contribution in [0.5, 0.6) is 5.88 Å². The van der Waals surface area contributed by atoms with E-state index in [4.69, 9.17) is 4.74 Å². The maximum absolute atomic E-state index is 13.3. The van der Waals surface area contributed by atoms with Crippen LogP contribution < -0.4 is 4.74 Å². The summed E-state index contributed by atoms with van der Waals surface area (Å²) >= 11 is 0. The second-order valence-corrected chi connectivity index (χ2v) is 7.88. The zero-order chi connectivity index (χ0) is 21.1. The van der Waals surface area contributed by atoms with Gasteiger partial charge in [-0.15, -0.1) is 0 Å². The van der Waals surface area contributed by atoms with Gasteiger partial charge in [0, 0.05) is 18.3 Å². The van der Waals surface area contributed by atoms with Crippen LogP contribution >= 0.6 is 0 Å². The first-order valence-electron chi connectivity index (χ1n) is 10.0. The highest BCUT2D eigenvalue weighted by atomic mass is 16.5. The van der Waals surface area contributed by atoms with E-state index in [0.29, 0.717) is 35.8 Å². The number of aliphatic hydroxyl groups is 1. The highest BCUT2D eigenvalue weighted by molar-refractivity contribution is 5.97. The maximum Gasteiger partial charge on any atom is 0.256 e. The molecule has 0 spiro atoms. The van der Waals surface area contributed by atoms with Crippen molar-refractivity contribution >= 4 is 5.91 Å². The molecule has 30 heavy (non-hydrogen) atoms. The maximum atomic E-state index is 13.3. The van der Waals surface area contributed by atoms with E-state index in [1.807, 2.05) is 18.2 Å². The predicted molar refractivity (Wildman–Crippen MR) is 110 cm³/mol. The lowest BCUT2D eigenvalue weighted by atomic mass is 9.99. The molecule has 1 N–H and O–H groups in total. The summed E-state index contributed by atoms with van der Waals surface area (Å²) in [7, 11) is 0. The zero-order valence-electron chi connectivity index (χ0n) is 17.1. The molecule has 0 aliphatic carbocycles. The first kappa shape index (κ1) is 20.0. The fourth-order valence-electron chi connectivity index (χ4n) is 3.67. The van der Waals surface area contributed by atoms with E-state index in [2.05, 4.69) is 15.2 Å². The molecule has 4 rings (SSSR count). The third-order valence-corrected chi connectivity index (χ3v) is 5.14. The fourth-order valence-corrected chi connectivity index (χ4v) is 3.67. The molecule has 0 saturated carbocycles. The van der Waals surface area contributed by atoms with Gasteiger partial charge in [0.1, 0.15) is 6.10 Å². The summed E-state index contributed by atoms with van der Waals surface area (Å²) < 4.78 is 6.14. The molecule has 1 aromatic carbocycles. The highest BCUT2D eigenvalue weighted by Crippen LogP contribution is 2.29. The molecule has 1 amide bonds. The molecule has 2 aromatic heterocycles. The van der Waals surface area contributed by atoms with Crippen molar-refractivity contribution in [2.24, 2.45) is 0 Å². The predicted octanol–water partition coefficient (Wildman–Crippen LogP) is 2.57. The lowest BCUT2D eigenvalue weighted by Gasteiger charge is -2.33. The monoisotopic (exact) mass is 407 g/mol. The number of rotatable bonds is 5. The molecular formula is C22H25N5O3. The lowest BCUT2D eigenvalue weighted by molar-refractivity contribution is 0.0463. The number of aromatic nitrogens is 4. The molecule has 1 atom stereocenters. The number of para-hydroxylation sites is 1. The molecule has 1 aliphatic rings. The Kier molecular flexibility index (Phi) is 5.50. The Balaban J connectivity index is 1.53. The number of hydrogen-bond acceptors (Lipinski definition) is 6. The molecule has 8 nitrogen and oxygen atoms in total. The molecule has 0 bridgehead atoms. The lowest BCUT2D eigenvalue weighted by Crippen LogP contribution is -2.45. The number of amides is 1. The third-order valence-electron chi connectivity index (χ3n) is 5.14. The van der Waals surface area contributed by atoms with E-state index in [1.54, 1.807) is 55.5 Å². The minimum absolute atomic E-state index is 0.0834. The quantitative estimate of drug-likeness (QED) is 0.699. The molecule has 1 fully saturated rings. The van der Waals surface area contributed by atoms with E-state index in [0.717, 1.165) is 12.8 Å². The summed E-state index contributed by atoms with van der Waals surface area (Å²) in [5, 5.41) is 18.7. The number of carbonyl (C=O) groups is 1. The van der Waals surface area contributed by atoms with Crippen molar-refractivity contribution in [3.63, 3.8) is 0 Å². The Labute approximate surface area is 175 Å². The molecule has 8 heteroatoms. The SMILES string of the molecule is CC(C)(O)c1cccnc1OC1CCCN(C(=O)c2ccccc2-n2nccn2)C1. The van der Waals surface area contributed by atoms with E-state index in [9.17, 15) is 9.90 Å². The number of nitrogens with zero attached hydrogens (tertiary/aromatic N) is 5. The molecule has 1 saturated heterocycles. The normalized spacial score (nSPS) is 17.0. The number of likely N-dealkylation sites (tertiary alicyclic amines) is 1. The molecule has 0 radical (unpaired) electrons. The van der Waals surface area contributed by atoms with Crippen LogP contribution in [0.25, 0.3) is 5.69 Å². The molecular weight excluding hydrogens is 382 g/mol. The van der Waals surface area contributed by atoms with Crippen molar-refractivity contribution in [3.8, 4) is 11.6 Å². The minimum atomic E-state index is -1.07.